The first-order chi connectivity index (χ1) is 10.1. The standard InChI is InChI=1S/C17H19Cl2NS/c1-12(2)20-10-14-9-15(18)7-8-17(14)21-11-13-5-3-4-6-16(13)19/h3-9,12,20H,10-11H2,1-2H3. The van der Waals surface area contributed by atoms with Crippen molar-refractivity contribution in [2.75, 3.05) is 0 Å². The highest BCUT2D eigenvalue weighted by molar-refractivity contribution is 7.98. The molecule has 0 aliphatic rings. The summed E-state index contributed by atoms with van der Waals surface area (Å²) >= 11 is 14.1. The number of hydrogen-bond donors (Lipinski definition) is 1. The lowest BCUT2D eigenvalue weighted by Crippen LogP contribution is -2.22. The Morgan fingerprint density at radius 1 is 1.05 bits per heavy atom. The van der Waals surface area contributed by atoms with Crippen molar-refractivity contribution in [1.29, 1.82) is 0 Å². The van der Waals surface area contributed by atoms with E-state index in [0.29, 0.717) is 6.04 Å². The van der Waals surface area contributed by atoms with Crippen molar-refractivity contribution in [1.82, 2.24) is 5.32 Å². The van der Waals surface area contributed by atoms with Crippen molar-refractivity contribution < 1.29 is 0 Å². The Morgan fingerprint density at radius 2 is 1.81 bits per heavy atom. The van der Waals surface area contributed by atoms with E-state index in [1.165, 1.54) is 10.5 Å². The lowest BCUT2D eigenvalue weighted by Gasteiger charge is -2.13. The van der Waals surface area contributed by atoms with Crippen molar-refractivity contribution in [3.8, 4) is 0 Å². The molecule has 0 atom stereocenters. The van der Waals surface area contributed by atoms with Crippen LogP contribution in [0.15, 0.2) is 47.4 Å². The number of halogens is 2. The third kappa shape index (κ3) is 5.23. The lowest BCUT2D eigenvalue weighted by atomic mass is 10.2. The predicted molar refractivity (Wildman–Crippen MR) is 94.4 cm³/mol. The zero-order valence-corrected chi connectivity index (χ0v) is 14.5. The van der Waals surface area contributed by atoms with Gasteiger partial charge in [0.15, 0.2) is 0 Å². The zero-order valence-electron chi connectivity index (χ0n) is 12.2. The van der Waals surface area contributed by atoms with Crippen LogP contribution >= 0.6 is 35.0 Å². The average Bonchev–Trinajstić information content (AvgIpc) is 2.45. The predicted octanol–water partition coefficient (Wildman–Crippen LogP) is 5.78. The highest BCUT2D eigenvalue weighted by atomic mass is 35.5. The van der Waals surface area contributed by atoms with Crippen LogP contribution in [0.3, 0.4) is 0 Å². The van der Waals surface area contributed by atoms with Gasteiger partial charge in [0.1, 0.15) is 0 Å². The summed E-state index contributed by atoms with van der Waals surface area (Å²) in [5, 5.41) is 5.04. The second-order valence-corrected chi connectivity index (χ2v) is 7.03. The summed E-state index contributed by atoms with van der Waals surface area (Å²) in [5.41, 5.74) is 2.38. The smallest absolute Gasteiger partial charge is 0.0446 e. The molecule has 0 saturated carbocycles. The van der Waals surface area contributed by atoms with E-state index < -0.39 is 0 Å². The molecule has 0 saturated heterocycles. The van der Waals surface area contributed by atoms with E-state index in [-0.39, 0.29) is 0 Å². The summed E-state index contributed by atoms with van der Waals surface area (Å²) in [6.45, 7) is 5.10. The Balaban J connectivity index is 2.10. The summed E-state index contributed by atoms with van der Waals surface area (Å²) in [7, 11) is 0. The fourth-order valence-electron chi connectivity index (χ4n) is 1.91. The molecule has 0 aliphatic carbocycles. The van der Waals surface area contributed by atoms with E-state index in [1.54, 1.807) is 11.8 Å². The van der Waals surface area contributed by atoms with Gasteiger partial charge < -0.3 is 5.32 Å². The van der Waals surface area contributed by atoms with Gasteiger partial charge in [0.05, 0.1) is 0 Å². The molecule has 0 radical (unpaired) electrons. The molecule has 112 valence electrons. The highest BCUT2D eigenvalue weighted by Gasteiger charge is 2.07. The quantitative estimate of drug-likeness (QED) is 0.669. The molecular weight excluding hydrogens is 321 g/mol. The maximum Gasteiger partial charge on any atom is 0.0446 e. The van der Waals surface area contributed by atoms with Crippen LogP contribution in [0.2, 0.25) is 10.0 Å². The van der Waals surface area contributed by atoms with Crippen LogP contribution in [0, 0.1) is 0 Å². The Kier molecular flexibility index (Phi) is 6.43. The molecule has 0 aromatic heterocycles. The molecule has 1 N–H and O–H groups in total. The average molecular weight is 340 g/mol. The van der Waals surface area contributed by atoms with Crippen molar-refractivity contribution >= 4 is 35.0 Å². The monoisotopic (exact) mass is 339 g/mol. The summed E-state index contributed by atoms with van der Waals surface area (Å²) < 4.78 is 0. The molecule has 1 nitrogen and oxygen atoms in total. The van der Waals surface area contributed by atoms with Gasteiger partial charge in [0.2, 0.25) is 0 Å². The molecule has 0 amide bonds. The van der Waals surface area contributed by atoms with Crippen molar-refractivity contribution in [2.45, 2.75) is 37.1 Å². The fourth-order valence-corrected chi connectivity index (χ4v) is 3.43. The summed E-state index contributed by atoms with van der Waals surface area (Å²) in [4.78, 5) is 1.24. The molecule has 0 spiro atoms. The molecule has 0 bridgehead atoms. The fraction of sp³-hybridized carbons (Fsp3) is 0.294. The van der Waals surface area contributed by atoms with Crippen LogP contribution in [-0.4, -0.2) is 6.04 Å². The number of hydrogen-bond acceptors (Lipinski definition) is 2. The molecule has 21 heavy (non-hydrogen) atoms. The van der Waals surface area contributed by atoms with E-state index in [9.17, 15) is 0 Å². The van der Waals surface area contributed by atoms with Crippen LogP contribution in [0.25, 0.3) is 0 Å². The summed E-state index contributed by atoms with van der Waals surface area (Å²) in [6.07, 6.45) is 0. The molecule has 0 heterocycles. The normalized spacial score (nSPS) is 11.1. The molecule has 0 unspecified atom stereocenters. The Bertz CT molecular complexity index is 599. The molecule has 4 heteroatoms. The number of benzene rings is 2. The lowest BCUT2D eigenvalue weighted by molar-refractivity contribution is 0.585. The van der Waals surface area contributed by atoms with Gasteiger partial charge in [0, 0.05) is 33.3 Å². The number of rotatable bonds is 6. The SMILES string of the molecule is CC(C)NCc1cc(Cl)ccc1SCc1ccccc1Cl. The van der Waals surface area contributed by atoms with Gasteiger partial charge in [-0.2, -0.15) is 0 Å². The maximum atomic E-state index is 6.21. The van der Waals surface area contributed by atoms with Crippen LogP contribution in [-0.2, 0) is 12.3 Å². The van der Waals surface area contributed by atoms with E-state index in [4.69, 9.17) is 23.2 Å². The van der Waals surface area contributed by atoms with Crippen molar-refractivity contribution in [3.63, 3.8) is 0 Å². The molecule has 2 aromatic carbocycles. The van der Waals surface area contributed by atoms with E-state index in [2.05, 4.69) is 31.3 Å². The van der Waals surface area contributed by atoms with Crippen molar-refractivity contribution in [2.24, 2.45) is 0 Å². The first-order valence-electron chi connectivity index (χ1n) is 6.94. The van der Waals surface area contributed by atoms with Gasteiger partial charge in [0.25, 0.3) is 0 Å². The van der Waals surface area contributed by atoms with E-state index in [1.807, 2.05) is 30.3 Å². The largest absolute Gasteiger partial charge is 0.310 e. The first kappa shape index (κ1) is 16.7. The summed E-state index contributed by atoms with van der Waals surface area (Å²) in [5.74, 6) is 0.857. The summed E-state index contributed by atoms with van der Waals surface area (Å²) in [6, 6.07) is 14.5. The molecule has 2 rings (SSSR count). The van der Waals surface area contributed by atoms with Crippen LogP contribution < -0.4 is 5.32 Å². The van der Waals surface area contributed by atoms with E-state index >= 15 is 0 Å². The van der Waals surface area contributed by atoms with Gasteiger partial charge in [-0.05, 0) is 35.4 Å². The Morgan fingerprint density at radius 3 is 2.52 bits per heavy atom. The Labute approximate surface area is 141 Å². The van der Waals surface area contributed by atoms with E-state index in [0.717, 1.165) is 27.9 Å². The first-order valence-corrected chi connectivity index (χ1v) is 8.68. The number of thioether (sulfide) groups is 1. The van der Waals surface area contributed by atoms with Gasteiger partial charge in [-0.3, -0.25) is 0 Å². The third-order valence-corrected chi connectivity index (χ3v) is 4.83. The minimum absolute atomic E-state index is 0.449. The molecule has 2 aromatic rings. The third-order valence-electron chi connectivity index (χ3n) is 3.06. The van der Waals surface area contributed by atoms with Crippen LogP contribution in [0.5, 0.6) is 0 Å². The minimum atomic E-state index is 0.449. The zero-order chi connectivity index (χ0) is 15.2. The second-order valence-electron chi connectivity index (χ2n) is 5.17. The number of nitrogens with one attached hydrogen (secondary N) is 1. The Hall–Kier alpha value is -0.670. The van der Waals surface area contributed by atoms with Crippen molar-refractivity contribution in [3.05, 3.63) is 63.6 Å². The molecule has 0 fully saturated rings. The topological polar surface area (TPSA) is 12.0 Å². The minimum Gasteiger partial charge on any atom is -0.310 e. The molecular formula is C17H19Cl2NS. The van der Waals surface area contributed by atoms with Crippen LogP contribution in [0.1, 0.15) is 25.0 Å². The highest BCUT2D eigenvalue weighted by Crippen LogP contribution is 2.30. The van der Waals surface area contributed by atoms with Gasteiger partial charge >= 0.3 is 0 Å². The maximum absolute atomic E-state index is 6.21. The van der Waals surface area contributed by atoms with Crippen LogP contribution in [0.4, 0.5) is 0 Å². The van der Waals surface area contributed by atoms with Gasteiger partial charge in [-0.15, -0.1) is 11.8 Å². The van der Waals surface area contributed by atoms with Gasteiger partial charge in [-0.1, -0.05) is 55.2 Å². The van der Waals surface area contributed by atoms with Gasteiger partial charge in [-0.25, -0.2) is 0 Å². The molecule has 0 aliphatic heterocycles. The second kappa shape index (κ2) is 8.09.